The minimum Gasteiger partial charge on any atom is -0.302 e. The molecule has 0 N–H and O–H groups in total. The number of pyridine rings is 1. The molecule has 0 aliphatic carbocycles. The molecule has 4 nitrogen and oxygen atoms in total. The van der Waals surface area contributed by atoms with Gasteiger partial charge >= 0.3 is 0 Å². The van der Waals surface area contributed by atoms with Gasteiger partial charge in [-0.15, -0.1) is 0 Å². The van der Waals surface area contributed by atoms with Crippen molar-refractivity contribution in [2.45, 2.75) is 6.42 Å². The van der Waals surface area contributed by atoms with Crippen LogP contribution < -0.4 is 5.01 Å². The van der Waals surface area contributed by atoms with Gasteiger partial charge in [0.15, 0.2) is 0 Å². The molecule has 2 aliphatic rings. The van der Waals surface area contributed by atoms with Gasteiger partial charge in [-0.1, -0.05) is 6.08 Å². The Morgan fingerprint density at radius 3 is 2.88 bits per heavy atom. The van der Waals surface area contributed by atoms with Crippen LogP contribution in [0.15, 0.2) is 41.3 Å². The summed E-state index contributed by atoms with van der Waals surface area (Å²) in [7, 11) is 2.16. The van der Waals surface area contributed by atoms with Crippen molar-refractivity contribution in [3.63, 3.8) is 0 Å². The van der Waals surface area contributed by atoms with Crippen LogP contribution in [0.3, 0.4) is 0 Å². The van der Waals surface area contributed by atoms with Gasteiger partial charge in [0.05, 0.1) is 17.9 Å². The molecular formula is C13H16N4. The molecule has 1 aromatic rings. The minimum absolute atomic E-state index is 0.858. The molecule has 3 rings (SSSR count). The van der Waals surface area contributed by atoms with E-state index in [1.807, 2.05) is 29.5 Å². The van der Waals surface area contributed by atoms with Crippen molar-refractivity contribution in [3.8, 4) is 0 Å². The molecule has 0 saturated carbocycles. The first-order valence-electron chi connectivity index (χ1n) is 5.96. The summed E-state index contributed by atoms with van der Waals surface area (Å²) in [6, 6.07) is 4.00. The average Bonchev–Trinajstić information content (AvgIpc) is 2.39. The van der Waals surface area contributed by atoms with E-state index >= 15 is 0 Å². The number of anilines is 1. The molecule has 2 aliphatic heterocycles. The van der Waals surface area contributed by atoms with E-state index < -0.39 is 0 Å². The van der Waals surface area contributed by atoms with Crippen molar-refractivity contribution in [3.05, 3.63) is 36.2 Å². The molecule has 3 heterocycles. The van der Waals surface area contributed by atoms with Crippen LogP contribution in [0.1, 0.15) is 6.42 Å². The predicted octanol–water partition coefficient (Wildman–Crippen LogP) is 1.52. The Kier molecular flexibility index (Phi) is 2.65. The molecule has 88 valence electrons. The fourth-order valence-electron chi connectivity index (χ4n) is 2.28. The molecule has 4 heteroatoms. The first-order chi connectivity index (χ1) is 8.33. The minimum atomic E-state index is 0.858. The van der Waals surface area contributed by atoms with Gasteiger partial charge in [-0.25, -0.2) is 0 Å². The second kappa shape index (κ2) is 4.30. The Hall–Kier alpha value is -1.68. The number of likely N-dealkylation sites (tertiary alicyclic amines) is 1. The predicted molar refractivity (Wildman–Crippen MR) is 69.2 cm³/mol. The summed E-state index contributed by atoms with van der Waals surface area (Å²) in [4.78, 5) is 6.37. The standard InChI is InChI=1S/C13H16N4/c1-16-8-5-13-11(10-16)4-9-17(15-13)12-2-6-14-7-3-12/h2-4,6-7H,5,8-10H2,1H3. The van der Waals surface area contributed by atoms with Crippen LogP contribution >= 0.6 is 0 Å². The third-order valence-corrected chi connectivity index (χ3v) is 3.25. The van der Waals surface area contributed by atoms with Crippen LogP contribution in [-0.4, -0.2) is 42.3 Å². The zero-order chi connectivity index (χ0) is 11.7. The molecule has 1 aromatic heterocycles. The zero-order valence-electron chi connectivity index (χ0n) is 10.0. The van der Waals surface area contributed by atoms with Crippen molar-refractivity contribution in [2.75, 3.05) is 31.7 Å². The molecule has 0 aromatic carbocycles. The van der Waals surface area contributed by atoms with Crippen molar-refractivity contribution in [1.82, 2.24) is 9.88 Å². The molecule has 0 bridgehead atoms. The van der Waals surface area contributed by atoms with E-state index in [1.165, 1.54) is 11.3 Å². The lowest BCUT2D eigenvalue weighted by Crippen LogP contribution is -2.37. The fraction of sp³-hybridized carbons (Fsp3) is 0.385. The quantitative estimate of drug-likeness (QED) is 0.730. The van der Waals surface area contributed by atoms with Crippen molar-refractivity contribution in [2.24, 2.45) is 5.10 Å². The van der Waals surface area contributed by atoms with E-state index in [2.05, 4.69) is 23.0 Å². The maximum Gasteiger partial charge on any atom is 0.0664 e. The first-order valence-corrected chi connectivity index (χ1v) is 5.96. The van der Waals surface area contributed by atoms with E-state index in [4.69, 9.17) is 5.10 Å². The van der Waals surface area contributed by atoms with Crippen molar-refractivity contribution < 1.29 is 0 Å². The van der Waals surface area contributed by atoms with Gasteiger partial charge < -0.3 is 4.90 Å². The van der Waals surface area contributed by atoms with Crippen LogP contribution in [0, 0.1) is 0 Å². The highest BCUT2D eigenvalue weighted by molar-refractivity contribution is 6.02. The molecule has 0 unspecified atom stereocenters. The van der Waals surface area contributed by atoms with Crippen LogP contribution in [0.25, 0.3) is 0 Å². The van der Waals surface area contributed by atoms with E-state index in [1.54, 1.807) is 0 Å². The Morgan fingerprint density at radius 1 is 1.24 bits per heavy atom. The maximum absolute atomic E-state index is 4.74. The Labute approximate surface area is 101 Å². The summed E-state index contributed by atoms with van der Waals surface area (Å²) >= 11 is 0. The number of fused-ring (bicyclic) bond motifs is 1. The monoisotopic (exact) mass is 228 g/mol. The number of hydrogen-bond donors (Lipinski definition) is 0. The lowest BCUT2D eigenvalue weighted by atomic mass is 10.0. The Bertz CT molecular complexity index is 464. The molecule has 0 radical (unpaired) electrons. The topological polar surface area (TPSA) is 31.7 Å². The van der Waals surface area contributed by atoms with Gasteiger partial charge in [0.25, 0.3) is 0 Å². The summed E-state index contributed by atoms with van der Waals surface area (Å²) in [5.74, 6) is 0. The summed E-state index contributed by atoms with van der Waals surface area (Å²) in [5.41, 5.74) is 3.75. The second-order valence-corrected chi connectivity index (χ2v) is 4.55. The highest BCUT2D eigenvalue weighted by Gasteiger charge is 2.21. The van der Waals surface area contributed by atoms with Gasteiger partial charge in [-0.05, 0) is 24.8 Å². The summed E-state index contributed by atoms with van der Waals surface area (Å²) in [6.45, 7) is 2.99. The number of rotatable bonds is 1. The summed E-state index contributed by atoms with van der Waals surface area (Å²) in [6.07, 6.45) is 6.95. The highest BCUT2D eigenvalue weighted by Crippen LogP contribution is 2.21. The van der Waals surface area contributed by atoms with E-state index in [-0.39, 0.29) is 0 Å². The molecule has 0 atom stereocenters. The van der Waals surface area contributed by atoms with Gasteiger partial charge in [-0.3, -0.25) is 9.99 Å². The van der Waals surface area contributed by atoms with E-state index in [0.717, 1.165) is 31.7 Å². The van der Waals surface area contributed by atoms with Gasteiger partial charge in [0.1, 0.15) is 0 Å². The number of hydrogen-bond acceptors (Lipinski definition) is 4. The lowest BCUT2D eigenvalue weighted by Gasteiger charge is -2.31. The highest BCUT2D eigenvalue weighted by atomic mass is 15.5. The third kappa shape index (κ3) is 2.08. The van der Waals surface area contributed by atoms with Gasteiger partial charge in [0, 0.05) is 31.9 Å². The number of piperidine rings is 1. The normalized spacial score (nSPS) is 20.6. The number of likely N-dealkylation sites (N-methyl/N-ethyl adjacent to an activating group) is 1. The first kappa shape index (κ1) is 10.5. The maximum atomic E-state index is 4.74. The Morgan fingerprint density at radius 2 is 2.06 bits per heavy atom. The molecule has 1 saturated heterocycles. The molecule has 0 spiro atoms. The zero-order valence-corrected chi connectivity index (χ0v) is 10.0. The number of aromatic nitrogens is 1. The van der Waals surface area contributed by atoms with Gasteiger partial charge in [0.2, 0.25) is 0 Å². The summed E-state index contributed by atoms with van der Waals surface area (Å²) < 4.78 is 0. The largest absolute Gasteiger partial charge is 0.302 e. The molecule has 0 amide bonds. The molecule has 17 heavy (non-hydrogen) atoms. The third-order valence-electron chi connectivity index (χ3n) is 3.25. The van der Waals surface area contributed by atoms with Crippen LogP contribution in [0.5, 0.6) is 0 Å². The molecule has 1 fully saturated rings. The lowest BCUT2D eigenvalue weighted by molar-refractivity contribution is 0.363. The van der Waals surface area contributed by atoms with Crippen LogP contribution in [0.2, 0.25) is 0 Å². The van der Waals surface area contributed by atoms with E-state index in [0.29, 0.717) is 0 Å². The summed E-state index contributed by atoms with van der Waals surface area (Å²) in [5, 5.41) is 6.78. The number of hydrazone groups is 1. The Balaban J connectivity index is 1.83. The SMILES string of the molecule is CN1CCC2=NN(c3ccncc3)CC=C2C1. The smallest absolute Gasteiger partial charge is 0.0664 e. The van der Waals surface area contributed by atoms with Crippen molar-refractivity contribution >= 4 is 11.4 Å². The van der Waals surface area contributed by atoms with E-state index in [9.17, 15) is 0 Å². The average molecular weight is 228 g/mol. The fourth-order valence-corrected chi connectivity index (χ4v) is 2.28. The molecular weight excluding hydrogens is 212 g/mol. The van der Waals surface area contributed by atoms with Crippen LogP contribution in [0.4, 0.5) is 5.69 Å². The van der Waals surface area contributed by atoms with Crippen molar-refractivity contribution in [1.29, 1.82) is 0 Å². The second-order valence-electron chi connectivity index (χ2n) is 4.55. The van der Waals surface area contributed by atoms with Gasteiger partial charge in [-0.2, -0.15) is 5.10 Å². The van der Waals surface area contributed by atoms with Crippen LogP contribution in [-0.2, 0) is 0 Å². The number of nitrogens with zero attached hydrogens (tertiary/aromatic N) is 4.